The van der Waals surface area contributed by atoms with Crippen molar-refractivity contribution in [2.45, 2.75) is 51.5 Å². The smallest absolute Gasteiger partial charge is 0.148 e. The molecule has 1 aromatic heterocycles. The first-order chi connectivity index (χ1) is 9.19. The zero-order valence-corrected chi connectivity index (χ0v) is 11.6. The van der Waals surface area contributed by atoms with Crippen molar-refractivity contribution < 1.29 is 5.11 Å². The molecule has 1 heterocycles. The van der Waals surface area contributed by atoms with E-state index in [1.165, 1.54) is 38.5 Å². The van der Waals surface area contributed by atoms with Gasteiger partial charge in [0.1, 0.15) is 5.82 Å². The second-order valence-corrected chi connectivity index (χ2v) is 6.44. The second-order valence-electron chi connectivity index (χ2n) is 6.44. The van der Waals surface area contributed by atoms with Crippen molar-refractivity contribution >= 4 is 5.82 Å². The number of aliphatic hydroxyl groups excluding tert-OH is 1. The van der Waals surface area contributed by atoms with Crippen LogP contribution >= 0.6 is 0 Å². The predicted octanol–water partition coefficient (Wildman–Crippen LogP) is 2.53. The quantitative estimate of drug-likeness (QED) is 0.878. The highest BCUT2D eigenvalue weighted by atomic mass is 16.3. The van der Waals surface area contributed by atoms with E-state index in [1.807, 2.05) is 19.1 Å². The van der Waals surface area contributed by atoms with Gasteiger partial charge < -0.3 is 10.4 Å². The molecule has 1 aromatic rings. The van der Waals surface area contributed by atoms with Gasteiger partial charge in [0.15, 0.2) is 0 Å². The summed E-state index contributed by atoms with van der Waals surface area (Å²) in [4.78, 5) is 0. The van der Waals surface area contributed by atoms with Crippen molar-refractivity contribution in [2.24, 2.45) is 11.3 Å². The molecule has 1 spiro atoms. The molecule has 2 aliphatic rings. The number of anilines is 1. The Bertz CT molecular complexity index is 416. The average molecular weight is 261 g/mol. The third kappa shape index (κ3) is 2.73. The van der Waals surface area contributed by atoms with Gasteiger partial charge in [0.25, 0.3) is 0 Å². The monoisotopic (exact) mass is 261 g/mol. The highest BCUT2D eigenvalue weighted by Gasteiger charge is 2.45. The van der Waals surface area contributed by atoms with Gasteiger partial charge in [-0.15, -0.1) is 5.10 Å². The van der Waals surface area contributed by atoms with Gasteiger partial charge in [-0.05, 0) is 68.9 Å². The van der Waals surface area contributed by atoms with E-state index in [4.69, 9.17) is 0 Å². The van der Waals surface area contributed by atoms with E-state index in [-0.39, 0.29) is 0 Å². The molecule has 0 amide bonds. The minimum atomic E-state index is 0.372. The highest BCUT2D eigenvalue weighted by molar-refractivity contribution is 5.35. The van der Waals surface area contributed by atoms with E-state index in [0.29, 0.717) is 24.0 Å². The highest BCUT2D eigenvalue weighted by Crippen LogP contribution is 2.53. The topological polar surface area (TPSA) is 58.0 Å². The van der Waals surface area contributed by atoms with Gasteiger partial charge in [-0.2, -0.15) is 5.10 Å². The van der Waals surface area contributed by atoms with Crippen molar-refractivity contribution in [1.29, 1.82) is 0 Å². The molecule has 0 atom stereocenters. The molecule has 0 saturated heterocycles. The number of aromatic nitrogens is 2. The van der Waals surface area contributed by atoms with Gasteiger partial charge in [-0.1, -0.05) is 0 Å². The molecule has 0 unspecified atom stereocenters. The predicted molar refractivity (Wildman–Crippen MR) is 74.9 cm³/mol. The van der Waals surface area contributed by atoms with Crippen LogP contribution in [0.5, 0.6) is 0 Å². The number of aliphatic hydroxyl groups is 1. The van der Waals surface area contributed by atoms with Crippen LogP contribution in [0.25, 0.3) is 0 Å². The van der Waals surface area contributed by atoms with Crippen molar-refractivity contribution in [3.63, 3.8) is 0 Å². The molecule has 104 valence electrons. The fourth-order valence-corrected chi connectivity index (χ4v) is 3.65. The summed E-state index contributed by atoms with van der Waals surface area (Å²) in [5.41, 5.74) is 1.51. The second kappa shape index (κ2) is 5.08. The molecular weight excluding hydrogens is 238 g/mol. The Labute approximate surface area is 114 Å². The number of hydrogen-bond acceptors (Lipinski definition) is 4. The Morgan fingerprint density at radius 1 is 1.26 bits per heavy atom. The fourth-order valence-electron chi connectivity index (χ4n) is 3.65. The summed E-state index contributed by atoms with van der Waals surface area (Å²) in [6, 6.07) is 4.56. The lowest BCUT2D eigenvalue weighted by molar-refractivity contribution is 0.0299. The molecule has 3 rings (SSSR count). The molecule has 4 heteroatoms. The van der Waals surface area contributed by atoms with E-state index in [9.17, 15) is 5.11 Å². The summed E-state index contributed by atoms with van der Waals surface area (Å²) >= 11 is 0. The van der Waals surface area contributed by atoms with Crippen LogP contribution in [-0.4, -0.2) is 28.0 Å². The summed E-state index contributed by atoms with van der Waals surface area (Å²) < 4.78 is 0. The van der Waals surface area contributed by atoms with E-state index in [0.717, 1.165) is 11.5 Å². The Morgan fingerprint density at radius 3 is 2.58 bits per heavy atom. The van der Waals surface area contributed by atoms with Gasteiger partial charge in [-0.3, -0.25) is 0 Å². The van der Waals surface area contributed by atoms with Gasteiger partial charge in [-0.25, -0.2) is 0 Å². The van der Waals surface area contributed by atoms with Gasteiger partial charge in [0.2, 0.25) is 0 Å². The van der Waals surface area contributed by atoms with Gasteiger partial charge in [0.05, 0.1) is 5.69 Å². The van der Waals surface area contributed by atoms with E-state index in [2.05, 4.69) is 15.5 Å². The first kappa shape index (κ1) is 12.9. The minimum Gasteiger partial charge on any atom is -0.396 e. The van der Waals surface area contributed by atoms with Gasteiger partial charge in [0, 0.05) is 12.6 Å². The maximum Gasteiger partial charge on any atom is 0.148 e. The summed E-state index contributed by atoms with van der Waals surface area (Å²) in [5, 5.41) is 20.9. The lowest BCUT2D eigenvalue weighted by Gasteiger charge is -2.51. The largest absolute Gasteiger partial charge is 0.396 e. The van der Waals surface area contributed by atoms with Gasteiger partial charge >= 0.3 is 0 Å². The molecule has 19 heavy (non-hydrogen) atoms. The van der Waals surface area contributed by atoms with Crippen molar-refractivity contribution in [3.05, 3.63) is 17.8 Å². The summed E-state index contributed by atoms with van der Waals surface area (Å²) in [6.07, 6.45) is 7.48. The van der Waals surface area contributed by atoms with Crippen molar-refractivity contribution in [2.75, 3.05) is 11.9 Å². The average Bonchev–Trinajstić information content (AvgIpc) is 2.40. The number of rotatable bonds is 3. The molecule has 2 N–H and O–H groups in total. The molecule has 0 aliphatic heterocycles. The van der Waals surface area contributed by atoms with Crippen LogP contribution in [0.4, 0.5) is 5.82 Å². The van der Waals surface area contributed by atoms with E-state index < -0.39 is 0 Å². The molecule has 2 saturated carbocycles. The Morgan fingerprint density at radius 2 is 2.00 bits per heavy atom. The standard InChI is InChI=1S/C15H23N3O/c1-11-2-3-14(18-17-11)16-13-8-15(9-13)6-4-12(10-19)5-7-15/h2-3,12-13,19H,4-10H2,1H3,(H,16,18). The van der Waals surface area contributed by atoms with Crippen LogP contribution in [0, 0.1) is 18.3 Å². The number of hydrogen-bond donors (Lipinski definition) is 2. The van der Waals surface area contributed by atoms with E-state index in [1.54, 1.807) is 0 Å². The maximum atomic E-state index is 9.19. The number of nitrogens with one attached hydrogen (secondary N) is 1. The van der Waals surface area contributed by atoms with Crippen LogP contribution < -0.4 is 5.32 Å². The van der Waals surface area contributed by atoms with Crippen LogP contribution in [0.2, 0.25) is 0 Å². The molecule has 2 fully saturated rings. The Kier molecular flexibility index (Phi) is 3.44. The normalized spacial score (nSPS) is 34.0. The fraction of sp³-hybridized carbons (Fsp3) is 0.733. The van der Waals surface area contributed by atoms with Crippen LogP contribution in [-0.2, 0) is 0 Å². The minimum absolute atomic E-state index is 0.372. The summed E-state index contributed by atoms with van der Waals surface area (Å²) in [7, 11) is 0. The summed E-state index contributed by atoms with van der Waals surface area (Å²) in [5.74, 6) is 1.45. The lowest BCUT2D eigenvalue weighted by Crippen LogP contribution is -2.47. The van der Waals surface area contributed by atoms with Crippen molar-refractivity contribution in [1.82, 2.24) is 10.2 Å². The SMILES string of the molecule is Cc1ccc(NC2CC3(CCC(CO)CC3)C2)nn1. The molecule has 0 radical (unpaired) electrons. The van der Waals surface area contributed by atoms with Crippen LogP contribution in [0.15, 0.2) is 12.1 Å². The molecule has 0 aromatic carbocycles. The lowest BCUT2D eigenvalue weighted by atomic mass is 9.57. The third-order valence-electron chi connectivity index (χ3n) is 4.93. The first-order valence-electron chi connectivity index (χ1n) is 7.37. The molecular formula is C15H23N3O. The first-order valence-corrected chi connectivity index (χ1v) is 7.37. The zero-order valence-electron chi connectivity index (χ0n) is 11.6. The number of nitrogens with zero attached hydrogens (tertiary/aromatic N) is 2. The van der Waals surface area contributed by atoms with Crippen LogP contribution in [0.1, 0.15) is 44.2 Å². The van der Waals surface area contributed by atoms with Crippen LogP contribution in [0.3, 0.4) is 0 Å². The van der Waals surface area contributed by atoms with E-state index >= 15 is 0 Å². The molecule has 0 bridgehead atoms. The molecule has 4 nitrogen and oxygen atoms in total. The maximum absolute atomic E-state index is 9.19. The molecule has 2 aliphatic carbocycles. The Hall–Kier alpha value is -1.16. The summed E-state index contributed by atoms with van der Waals surface area (Å²) in [6.45, 7) is 2.32. The number of aryl methyl sites for hydroxylation is 1. The van der Waals surface area contributed by atoms with Crippen molar-refractivity contribution in [3.8, 4) is 0 Å². The Balaban J connectivity index is 1.49. The third-order valence-corrected chi connectivity index (χ3v) is 4.93. The zero-order chi connectivity index (χ0) is 13.3.